The Hall–Kier alpha value is -1.41. The highest BCUT2D eigenvalue weighted by Crippen LogP contribution is 2.15. The molecule has 0 bridgehead atoms. The van der Waals surface area contributed by atoms with Gasteiger partial charge in [0.25, 0.3) is 0 Å². The minimum absolute atomic E-state index is 0.0343. The molecule has 0 aliphatic heterocycles. The Kier molecular flexibility index (Phi) is 5.79. The lowest BCUT2D eigenvalue weighted by Crippen LogP contribution is -2.10. The number of carbonyl (C=O) groups is 1. The van der Waals surface area contributed by atoms with Crippen LogP contribution in [0.1, 0.15) is 49.0 Å². The molecule has 0 spiro atoms. The van der Waals surface area contributed by atoms with Crippen molar-refractivity contribution < 1.29 is 9.53 Å². The van der Waals surface area contributed by atoms with Gasteiger partial charge in [0.05, 0.1) is 6.61 Å². The summed E-state index contributed by atoms with van der Waals surface area (Å²) in [6, 6.07) is 7.76. The lowest BCUT2D eigenvalue weighted by atomic mass is 10.0. The molecule has 0 N–H and O–H groups in total. The second-order valence-corrected chi connectivity index (χ2v) is 4.96. The lowest BCUT2D eigenvalue weighted by Gasteiger charge is -2.07. The van der Waals surface area contributed by atoms with Gasteiger partial charge in [-0.15, -0.1) is 6.58 Å². The second kappa shape index (κ2) is 7.12. The van der Waals surface area contributed by atoms with Crippen molar-refractivity contribution in [2.24, 2.45) is 0 Å². The molecule has 0 radical (unpaired) electrons. The van der Waals surface area contributed by atoms with Crippen molar-refractivity contribution in [1.29, 1.82) is 0 Å². The van der Waals surface area contributed by atoms with Gasteiger partial charge in [-0.05, 0) is 24.8 Å². The van der Waals surface area contributed by atoms with Crippen molar-refractivity contribution in [2.45, 2.75) is 33.1 Å². The SMILES string of the molecule is C=C(C)CCOCC(=O)c1ccc(C(C)C)cc1. The van der Waals surface area contributed by atoms with Crippen LogP contribution in [0, 0.1) is 0 Å². The lowest BCUT2D eigenvalue weighted by molar-refractivity contribution is 0.0765. The summed E-state index contributed by atoms with van der Waals surface area (Å²) in [7, 11) is 0. The Morgan fingerprint density at radius 1 is 1.28 bits per heavy atom. The van der Waals surface area contributed by atoms with Crippen LogP contribution in [0.2, 0.25) is 0 Å². The summed E-state index contributed by atoms with van der Waals surface area (Å²) in [5.41, 5.74) is 3.04. The fourth-order valence-electron chi connectivity index (χ4n) is 1.55. The number of ketones is 1. The zero-order valence-corrected chi connectivity index (χ0v) is 11.5. The molecule has 18 heavy (non-hydrogen) atoms. The summed E-state index contributed by atoms with van der Waals surface area (Å²) in [5, 5.41) is 0. The number of Topliss-reactive ketones (excluding diaryl/α,β-unsaturated/α-hetero) is 1. The molecule has 98 valence electrons. The molecule has 0 heterocycles. The van der Waals surface area contributed by atoms with Gasteiger partial charge in [0.2, 0.25) is 0 Å². The molecule has 0 aliphatic rings. The molecule has 1 aromatic rings. The van der Waals surface area contributed by atoms with E-state index in [9.17, 15) is 4.79 Å². The first-order valence-electron chi connectivity index (χ1n) is 6.36. The summed E-state index contributed by atoms with van der Waals surface area (Å²) in [6.45, 7) is 10.7. The van der Waals surface area contributed by atoms with Crippen LogP contribution in [-0.4, -0.2) is 19.0 Å². The first-order chi connectivity index (χ1) is 8.50. The molecular formula is C16H22O2. The van der Waals surface area contributed by atoms with Crippen molar-refractivity contribution in [2.75, 3.05) is 13.2 Å². The van der Waals surface area contributed by atoms with Gasteiger partial charge in [-0.2, -0.15) is 0 Å². The Balaban J connectivity index is 2.44. The van der Waals surface area contributed by atoms with Crippen LogP contribution in [0.3, 0.4) is 0 Å². The second-order valence-electron chi connectivity index (χ2n) is 4.96. The summed E-state index contributed by atoms with van der Waals surface area (Å²) >= 11 is 0. The number of hydrogen-bond acceptors (Lipinski definition) is 2. The number of benzene rings is 1. The molecule has 0 aromatic heterocycles. The number of rotatable bonds is 7. The highest BCUT2D eigenvalue weighted by atomic mass is 16.5. The molecule has 0 saturated carbocycles. The molecule has 0 unspecified atom stereocenters. The van der Waals surface area contributed by atoms with E-state index < -0.39 is 0 Å². The van der Waals surface area contributed by atoms with E-state index >= 15 is 0 Å². The van der Waals surface area contributed by atoms with Gasteiger partial charge in [-0.1, -0.05) is 43.7 Å². The predicted octanol–water partition coefficient (Wildman–Crippen LogP) is 3.98. The van der Waals surface area contributed by atoms with E-state index in [0.717, 1.165) is 17.6 Å². The maximum atomic E-state index is 11.8. The largest absolute Gasteiger partial charge is 0.373 e. The Labute approximate surface area is 110 Å². The minimum Gasteiger partial charge on any atom is -0.373 e. The summed E-state index contributed by atoms with van der Waals surface area (Å²) in [6.07, 6.45) is 0.805. The zero-order valence-electron chi connectivity index (χ0n) is 11.5. The third-order valence-corrected chi connectivity index (χ3v) is 2.81. The molecule has 0 atom stereocenters. The van der Waals surface area contributed by atoms with Gasteiger partial charge in [-0.25, -0.2) is 0 Å². The normalized spacial score (nSPS) is 10.7. The fourth-order valence-corrected chi connectivity index (χ4v) is 1.55. The molecule has 1 rings (SSSR count). The topological polar surface area (TPSA) is 26.3 Å². The van der Waals surface area contributed by atoms with Crippen LogP contribution >= 0.6 is 0 Å². The number of ether oxygens (including phenoxy) is 1. The van der Waals surface area contributed by atoms with Crippen LogP contribution in [-0.2, 0) is 4.74 Å². The molecule has 0 fully saturated rings. The smallest absolute Gasteiger partial charge is 0.188 e. The molecule has 0 amide bonds. The highest BCUT2D eigenvalue weighted by Gasteiger charge is 2.06. The van der Waals surface area contributed by atoms with E-state index in [1.165, 1.54) is 5.56 Å². The van der Waals surface area contributed by atoms with Crippen molar-refractivity contribution >= 4 is 5.78 Å². The van der Waals surface area contributed by atoms with Crippen molar-refractivity contribution in [3.8, 4) is 0 Å². The Morgan fingerprint density at radius 2 is 1.89 bits per heavy atom. The van der Waals surface area contributed by atoms with Gasteiger partial charge in [-0.3, -0.25) is 4.79 Å². The maximum Gasteiger partial charge on any atom is 0.188 e. The summed E-state index contributed by atoms with van der Waals surface area (Å²) in [5.74, 6) is 0.521. The first kappa shape index (κ1) is 14.7. The van der Waals surface area contributed by atoms with Gasteiger partial charge in [0.15, 0.2) is 5.78 Å². The van der Waals surface area contributed by atoms with E-state index in [2.05, 4.69) is 20.4 Å². The number of carbonyl (C=O) groups excluding carboxylic acids is 1. The van der Waals surface area contributed by atoms with Crippen molar-refractivity contribution in [3.05, 3.63) is 47.5 Å². The molecular weight excluding hydrogens is 224 g/mol. The Bertz CT molecular complexity index is 402. The molecule has 2 nitrogen and oxygen atoms in total. The van der Waals surface area contributed by atoms with E-state index in [1.807, 2.05) is 31.2 Å². The van der Waals surface area contributed by atoms with E-state index in [0.29, 0.717) is 12.5 Å². The van der Waals surface area contributed by atoms with Crippen molar-refractivity contribution in [1.82, 2.24) is 0 Å². The van der Waals surface area contributed by atoms with Crippen LogP contribution in [0.15, 0.2) is 36.4 Å². The number of hydrogen-bond donors (Lipinski definition) is 0. The first-order valence-corrected chi connectivity index (χ1v) is 6.36. The molecule has 2 heteroatoms. The quantitative estimate of drug-likeness (QED) is 0.413. The van der Waals surface area contributed by atoms with Gasteiger partial charge in [0, 0.05) is 5.56 Å². The minimum atomic E-state index is 0.0343. The maximum absolute atomic E-state index is 11.8. The average molecular weight is 246 g/mol. The van der Waals surface area contributed by atoms with Gasteiger partial charge >= 0.3 is 0 Å². The molecule has 0 saturated heterocycles. The van der Waals surface area contributed by atoms with Crippen LogP contribution in [0.4, 0.5) is 0 Å². The zero-order chi connectivity index (χ0) is 13.5. The van der Waals surface area contributed by atoms with Crippen molar-refractivity contribution in [3.63, 3.8) is 0 Å². The average Bonchev–Trinajstić information content (AvgIpc) is 2.34. The standard InChI is InChI=1S/C16H22O2/c1-12(2)9-10-18-11-16(17)15-7-5-14(6-8-15)13(3)4/h5-8,13H,1,9-11H2,2-4H3. The predicted molar refractivity (Wildman–Crippen MR) is 75.1 cm³/mol. The third kappa shape index (κ3) is 4.84. The Morgan fingerprint density at radius 3 is 2.39 bits per heavy atom. The van der Waals surface area contributed by atoms with Crippen LogP contribution in [0.25, 0.3) is 0 Å². The third-order valence-electron chi connectivity index (χ3n) is 2.81. The highest BCUT2D eigenvalue weighted by molar-refractivity contribution is 5.97. The van der Waals surface area contributed by atoms with Gasteiger partial charge < -0.3 is 4.74 Å². The van der Waals surface area contributed by atoms with E-state index in [4.69, 9.17) is 4.74 Å². The monoisotopic (exact) mass is 246 g/mol. The van der Waals surface area contributed by atoms with Crippen LogP contribution in [0.5, 0.6) is 0 Å². The molecule has 1 aromatic carbocycles. The van der Waals surface area contributed by atoms with E-state index in [1.54, 1.807) is 0 Å². The van der Waals surface area contributed by atoms with Crippen LogP contribution < -0.4 is 0 Å². The molecule has 0 aliphatic carbocycles. The summed E-state index contributed by atoms with van der Waals surface area (Å²) < 4.78 is 5.33. The fraction of sp³-hybridized carbons (Fsp3) is 0.438. The van der Waals surface area contributed by atoms with Gasteiger partial charge in [0.1, 0.15) is 6.61 Å². The van der Waals surface area contributed by atoms with E-state index in [-0.39, 0.29) is 12.4 Å². The summed E-state index contributed by atoms with van der Waals surface area (Å²) in [4.78, 5) is 11.8.